The lowest BCUT2D eigenvalue weighted by Gasteiger charge is -2.34. The van der Waals surface area contributed by atoms with Gasteiger partial charge in [-0.3, -0.25) is 9.59 Å². The molecule has 2 aromatic rings. The Kier molecular flexibility index (Phi) is 5.94. The Morgan fingerprint density at radius 2 is 1.61 bits per heavy atom. The molecule has 0 atom stereocenters. The second-order valence-corrected chi connectivity index (χ2v) is 10.3. The summed E-state index contributed by atoms with van der Waals surface area (Å²) in [5.41, 5.74) is 1.56. The lowest BCUT2D eigenvalue weighted by atomic mass is 10.0. The SMILES string of the molecule is CC(=O)N1CCC(NC(=O)c2ccc3ccc(N4CCN(S(C)(=O)=O)CC4)n3c2)CC1. The molecular weight excluding hydrogens is 418 g/mol. The highest BCUT2D eigenvalue weighted by Crippen LogP contribution is 2.22. The van der Waals surface area contributed by atoms with Crippen molar-refractivity contribution >= 4 is 33.2 Å². The third-order valence-electron chi connectivity index (χ3n) is 6.20. The lowest BCUT2D eigenvalue weighted by molar-refractivity contribution is -0.129. The van der Waals surface area contributed by atoms with Gasteiger partial charge in [0.15, 0.2) is 0 Å². The number of hydrogen-bond donors (Lipinski definition) is 1. The number of piperazine rings is 1. The van der Waals surface area contributed by atoms with Gasteiger partial charge in [-0.05, 0) is 37.1 Å². The maximum Gasteiger partial charge on any atom is 0.252 e. The summed E-state index contributed by atoms with van der Waals surface area (Å²) in [6.45, 7) is 5.01. The average molecular weight is 448 g/mol. The lowest BCUT2D eigenvalue weighted by Crippen LogP contribution is -2.48. The van der Waals surface area contributed by atoms with E-state index in [1.807, 2.05) is 39.8 Å². The van der Waals surface area contributed by atoms with Gasteiger partial charge in [-0.15, -0.1) is 0 Å². The molecule has 4 rings (SSSR count). The molecule has 0 radical (unpaired) electrons. The molecule has 168 valence electrons. The number of fused-ring (bicyclic) bond motifs is 1. The number of piperidine rings is 1. The predicted molar refractivity (Wildman–Crippen MR) is 119 cm³/mol. The van der Waals surface area contributed by atoms with E-state index in [9.17, 15) is 18.0 Å². The van der Waals surface area contributed by atoms with Crippen LogP contribution in [0.15, 0.2) is 30.5 Å². The average Bonchev–Trinajstić information content (AvgIpc) is 3.17. The number of carbonyl (C=O) groups excluding carboxylic acids is 2. The zero-order valence-corrected chi connectivity index (χ0v) is 18.8. The fourth-order valence-corrected chi connectivity index (χ4v) is 5.16. The van der Waals surface area contributed by atoms with Gasteiger partial charge in [0.1, 0.15) is 5.82 Å². The summed E-state index contributed by atoms with van der Waals surface area (Å²) in [7, 11) is -3.18. The number of anilines is 1. The molecule has 0 aliphatic carbocycles. The molecule has 0 spiro atoms. The highest BCUT2D eigenvalue weighted by Gasteiger charge is 2.25. The number of nitrogens with one attached hydrogen (secondary N) is 1. The third-order valence-corrected chi connectivity index (χ3v) is 7.50. The molecule has 0 saturated carbocycles. The van der Waals surface area contributed by atoms with E-state index in [0.717, 1.165) is 24.2 Å². The summed E-state index contributed by atoms with van der Waals surface area (Å²) >= 11 is 0. The van der Waals surface area contributed by atoms with Crippen molar-refractivity contribution in [1.82, 2.24) is 18.9 Å². The van der Waals surface area contributed by atoms with Crippen LogP contribution < -0.4 is 10.2 Å². The number of sulfonamides is 1. The maximum absolute atomic E-state index is 12.8. The van der Waals surface area contributed by atoms with Crippen LogP contribution in [0.3, 0.4) is 0 Å². The molecule has 1 N–H and O–H groups in total. The molecule has 2 aliphatic rings. The Bertz CT molecular complexity index is 1080. The Balaban J connectivity index is 1.45. The Labute approximate surface area is 182 Å². The van der Waals surface area contributed by atoms with Crippen LogP contribution in [0.1, 0.15) is 30.1 Å². The molecule has 31 heavy (non-hydrogen) atoms. The fourth-order valence-electron chi connectivity index (χ4n) is 4.33. The summed E-state index contributed by atoms with van der Waals surface area (Å²) < 4.78 is 27.0. The van der Waals surface area contributed by atoms with Crippen molar-refractivity contribution in [2.45, 2.75) is 25.8 Å². The van der Waals surface area contributed by atoms with Crippen molar-refractivity contribution in [3.05, 3.63) is 36.0 Å². The van der Waals surface area contributed by atoms with E-state index < -0.39 is 10.0 Å². The highest BCUT2D eigenvalue weighted by molar-refractivity contribution is 7.88. The number of likely N-dealkylation sites (tertiary alicyclic amines) is 1. The standard InChI is InChI=1S/C21H29N5O4S/c1-16(27)23-9-7-18(8-10-23)22-21(28)17-3-4-19-5-6-20(26(19)15-17)24-11-13-25(14-12-24)31(2,29)30/h3-6,15,18H,7-14H2,1-2H3,(H,22,28). The first-order valence-corrected chi connectivity index (χ1v) is 12.4. The molecule has 2 fully saturated rings. The van der Waals surface area contributed by atoms with Crippen molar-refractivity contribution in [2.24, 2.45) is 0 Å². The second-order valence-electron chi connectivity index (χ2n) is 8.31. The van der Waals surface area contributed by atoms with Gasteiger partial charge in [0, 0.05) is 63.9 Å². The number of hydrogen-bond acceptors (Lipinski definition) is 5. The smallest absolute Gasteiger partial charge is 0.252 e. The van der Waals surface area contributed by atoms with E-state index in [0.29, 0.717) is 44.8 Å². The summed E-state index contributed by atoms with van der Waals surface area (Å²) in [6.07, 6.45) is 4.59. The van der Waals surface area contributed by atoms with Gasteiger partial charge in [0.2, 0.25) is 15.9 Å². The van der Waals surface area contributed by atoms with Crippen LogP contribution in [-0.2, 0) is 14.8 Å². The molecule has 2 aliphatic heterocycles. The first-order valence-electron chi connectivity index (χ1n) is 10.6. The minimum Gasteiger partial charge on any atom is -0.355 e. The summed E-state index contributed by atoms with van der Waals surface area (Å²) in [6, 6.07) is 7.80. The quantitative estimate of drug-likeness (QED) is 0.747. The number of amides is 2. The summed E-state index contributed by atoms with van der Waals surface area (Å²) in [5, 5.41) is 3.10. The van der Waals surface area contributed by atoms with E-state index >= 15 is 0 Å². The zero-order valence-electron chi connectivity index (χ0n) is 18.0. The van der Waals surface area contributed by atoms with Crippen LogP contribution in [-0.4, -0.2) is 85.4 Å². The monoisotopic (exact) mass is 447 g/mol. The molecule has 2 saturated heterocycles. The Hall–Kier alpha value is -2.59. The van der Waals surface area contributed by atoms with E-state index in [4.69, 9.17) is 0 Å². The molecule has 0 unspecified atom stereocenters. The van der Waals surface area contributed by atoms with Gasteiger partial charge in [0.25, 0.3) is 5.91 Å². The number of pyridine rings is 1. The molecular formula is C21H29N5O4S. The van der Waals surface area contributed by atoms with Crippen LogP contribution in [0, 0.1) is 0 Å². The van der Waals surface area contributed by atoms with Gasteiger partial charge in [0.05, 0.1) is 11.8 Å². The first-order chi connectivity index (χ1) is 14.7. The Morgan fingerprint density at radius 3 is 2.23 bits per heavy atom. The van der Waals surface area contributed by atoms with Crippen LogP contribution >= 0.6 is 0 Å². The van der Waals surface area contributed by atoms with Crippen LogP contribution in [0.2, 0.25) is 0 Å². The van der Waals surface area contributed by atoms with E-state index in [2.05, 4.69) is 10.2 Å². The van der Waals surface area contributed by atoms with Gasteiger partial charge in [-0.25, -0.2) is 8.42 Å². The second kappa shape index (κ2) is 8.51. The van der Waals surface area contributed by atoms with Gasteiger partial charge < -0.3 is 19.5 Å². The van der Waals surface area contributed by atoms with Gasteiger partial charge >= 0.3 is 0 Å². The highest BCUT2D eigenvalue weighted by atomic mass is 32.2. The van der Waals surface area contributed by atoms with Gasteiger partial charge in [-0.2, -0.15) is 4.31 Å². The van der Waals surface area contributed by atoms with Crippen molar-refractivity contribution in [1.29, 1.82) is 0 Å². The van der Waals surface area contributed by atoms with Gasteiger partial charge in [-0.1, -0.05) is 0 Å². The van der Waals surface area contributed by atoms with E-state index in [1.165, 1.54) is 10.6 Å². The van der Waals surface area contributed by atoms with Crippen LogP contribution in [0.25, 0.3) is 5.52 Å². The number of rotatable bonds is 4. The van der Waals surface area contributed by atoms with E-state index in [1.54, 1.807) is 6.92 Å². The first kappa shape index (κ1) is 21.6. The summed E-state index contributed by atoms with van der Waals surface area (Å²) in [4.78, 5) is 28.3. The fraction of sp³-hybridized carbons (Fsp3) is 0.524. The largest absolute Gasteiger partial charge is 0.355 e. The molecule has 0 bridgehead atoms. The van der Waals surface area contributed by atoms with Crippen molar-refractivity contribution in [3.63, 3.8) is 0 Å². The maximum atomic E-state index is 12.8. The molecule has 2 amide bonds. The molecule has 10 heteroatoms. The van der Waals surface area contributed by atoms with Crippen molar-refractivity contribution in [2.75, 3.05) is 50.4 Å². The number of aromatic nitrogens is 1. The minimum atomic E-state index is -3.18. The van der Waals surface area contributed by atoms with Crippen molar-refractivity contribution in [3.8, 4) is 0 Å². The van der Waals surface area contributed by atoms with Crippen LogP contribution in [0.5, 0.6) is 0 Å². The minimum absolute atomic E-state index is 0.0620. The number of nitrogens with zero attached hydrogens (tertiary/aromatic N) is 4. The predicted octanol–water partition coefficient (Wildman–Crippen LogP) is 0.762. The topological polar surface area (TPSA) is 94.4 Å². The molecule has 4 heterocycles. The zero-order chi connectivity index (χ0) is 22.2. The Morgan fingerprint density at radius 1 is 0.968 bits per heavy atom. The molecule has 2 aromatic heterocycles. The van der Waals surface area contributed by atoms with E-state index in [-0.39, 0.29) is 17.9 Å². The molecule has 9 nitrogen and oxygen atoms in total. The molecule has 0 aromatic carbocycles. The third kappa shape index (κ3) is 4.69. The van der Waals surface area contributed by atoms with Crippen LogP contribution in [0.4, 0.5) is 5.82 Å². The number of carbonyl (C=O) groups is 2. The van der Waals surface area contributed by atoms with Crippen molar-refractivity contribution < 1.29 is 18.0 Å². The normalized spacial score (nSPS) is 19.0. The summed E-state index contributed by atoms with van der Waals surface area (Å²) in [5.74, 6) is 0.907.